The van der Waals surface area contributed by atoms with Crippen molar-refractivity contribution in [3.05, 3.63) is 53.3 Å². The molecule has 2 aliphatic heterocycles. The van der Waals surface area contributed by atoms with Gasteiger partial charge in [0.1, 0.15) is 5.60 Å². The first-order chi connectivity index (χ1) is 15.6. The molecule has 8 heteroatoms. The Kier molecular flexibility index (Phi) is 6.59. The van der Waals surface area contributed by atoms with Gasteiger partial charge in [0.2, 0.25) is 0 Å². The molecule has 178 valence electrons. The number of nitrogens with zero attached hydrogens (tertiary/aromatic N) is 4. The first kappa shape index (κ1) is 23.4. The van der Waals surface area contributed by atoms with Crippen LogP contribution in [0.2, 0.25) is 0 Å². The summed E-state index contributed by atoms with van der Waals surface area (Å²) in [5.74, 6) is 0.109. The van der Waals surface area contributed by atoms with E-state index in [1.807, 2.05) is 61.9 Å². The van der Waals surface area contributed by atoms with Gasteiger partial charge < -0.3 is 14.7 Å². The standard InChI is InChI=1S/C25H34N4O4/c1-24(2,3)33-23(31)28-13-14-29-21(17-28)15-20(26-29)16-25(32)9-11-27(12-10-25)18-22(30)19-7-5-4-6-8-19/h4-8,15,32H,9-14,16-18H2,1-3H3. The van der Waals surface area contributed by atoms with Crippen LogP contribution in [0.3, 0.4) is 0 Å². The maximum atomic E-state index is 12.5. The molecule has 0 aliphatic carbocycles. The Balaban J connectivity index is 1.31. The summed E-state index contributed by atoms with van der Waals surface area (Å²) in [6.07, 6.45) is 1.36. The molecule has 0 spiro atoms. The number of Topliss-reactive ketones (excluding diaryl/α,β-unsaturated/α-hetero) is 1. The number of amides is 1. The molecule has 8 nitrogen and oxygen atoms in total. The highest BCUT2D eigenvalue weighted by molar-refractivity contribution is 5.97. The molecule has 0 radical (unpaired) electrons. The average molecular weight is 455 g/mol. The second-order valence-electron chi connectivity index (χ2n) is 10.2. The van der Waals surface area contributed by atoms with Crippen LogP contribution >= 0.6 is 0 Å². The maximum Gasteiger partial charge on any atom is 0.410 e. The summed E-state index contributed by atoms with van der Waals surface area (Å²) in [6, 6.07) is 11.3. The third kappa shape index (κ3) is 6.00. The van der Waals surface area contributed by atoms with Crippen molar-refractivity contribution in [2.75, 3.05) is 26.2 Å². The first-order valence-electron chi connectivity index (χ1n) is 11.7. The molecule has 2 aliphatic rings. The molecule has 1 N–H and O–H groups in total. The minimum absolute atomic E-state index is 0.109. The van der Waals surface area contributed by atoms with Gasteiger partial charge in [-0.2, -0.15) is 5.10 Å². The molecule has 1 saturated heterocycles. The molecule has 0 atom stereocenters. The molecule has 1 aromatic heterocycles. The number of aliphatic hydroxyl groups is 1. The van der Waals surface area contributed by atoms with Crippen molar-refractivity contribution in [1.82, 2.24) is 19.6 Å². The minimum atomic E-state index is -0.832. The van der Waals surface area contributed by atoms with E-state index in [9.17, 15) is 14.7 Å². The van der Waals surface area contributed by atoms with E-state index < -0.39 is 11.2 Å². The highest BCUT2D eigenvalue weighted by Gasteiger charge is 2.35. The summed E-state index contributed by atoms with van der Waals surface area (Å²) in [6.45, 7) is 8.93. The van der Waals surface area contributed by atoms with Crippen LogP contribution in [-0.4, -0.2) is 73.9 Å². The smallest absolute Gasteiger partial charge is 0.410 e. The molecular weight excluding hydrogens is 420 g/mol. The minimum Gasteiger partial charge on any atom is -0.444 e. The van der Waals surface area contributed by atoms with Crippen molar-refractivity contribution < 1.29 is 19.4 Å². The van der Waals surface area contributed by atoms with Crippen molar-refractivity contribution in [3.63, 3.8) is 0 Å². The van der Waals surface area contributed by atoms with Gasteiger partial charge in [0.15, 0.2) is 5.78 Å². The van der Waals surface area contributed by atoms with Gasteiger partial charge in [0, 0.05) is 31.6 Å². The lowest BCUT2D eigenvalue weighted by Crippen LogP contribution is -2.47. The summed E-state index contributed by atoms with van der Waals surface area (Å²) in [5, 5.41) is 15.9. The number of ketones is 1. The molecule has 1 aromatic carbocycles. The number of carbonyl (C=O) groups excluding carboxylic acids is 2. The van der Waals surface area contributed by atoms with Gasteiger partial charge in [-0.1, -0.05) is 30.3 Å². The second kappa shape index (κ2) is 9.27. The van der Waals surface area contributed by atoms with E-state index in [0.717, 1.165) is 17.0 Å². The number of ether oxygens (including phenoxy) is 1. The van der Waals surface area contributed by atoms with Gasteiger partial charge >= 0.3 is 6.09 Å². The average Bonchev–Trinajstić information content (AvgIpc) is 3.15. The number of fused-ring (bicyclic) bond motifs is 1. The summed E-state index contributed by atoms with van der Waals surface area (Å²) in [7, 11) is 0. The van der Waals surface area contributed by atoms with E-state index in [1.54, 1.807) is 4.90 Å². The Hall–Kier alpha value is -2.71. The molecule has 3 heterocycles. The fraction of sp³-hybridized carbons (Fsp3) is 0.560. The Morgan fingerprint density at radius 3 is 2.45 bits per heavy atom. The fourth-order valence-corrected chi connectivity index (χ4v) is 4.45. The van der Waals surface area contributed by atoms with Gasteiger partial charge in [-0.25, -0.2) is 4.79 Å². The third-order valence-corrected chi connectivity index (χ3v) is 6.26. The van der Waals surface area contributed by atoms with E-state index in [0.29, 0.717) is 58.5 Å². The summed E-state index contributed by atoms with van der Waals surface area (Å²) in [4.78, 5) is 28.7. The van der Waals surface area contributed by atoms with Crippen molar-refractivity contribution in [1.29, 1.82) is 0 Å². The van der Waals surface area contributed by atoms with Gasteiger partial charge in [0.25, 0.3) is 0 Å². The van der Waals surface area contributed by atoms with Crippen LogP contribution in [-0.2, 0) is 24.2 Å². The normalized spacial score (nSPS) is 18.6. The Morgan fingerprint density at radius 2 is 1.79 bits per heavy atom. The number of hydrogen-bond donors (Lipinski definition) is 1. The van der Waals surface area contributed by atoms with Crippen molar-refractivity contribution in [2.45, 2.75) is 64.3 Å². The number of benzene rings is 1. The lowest BCUT2D eigenvalue weighted by molar-refractivity contribution is -0.0201. The van der Waals surface area contributed by atoms with Crippen molar-refractivity contribution in [3.8, 4) is 0 Å². The fourth-order valence-electron chi connectivity index (χ4n) is 4.45. The topological polar surface area (TPSA) is 87.9 Å². The molecule has 0 bridgehead atoms. The lowest BCUT2D eigenvalue weighted by Gasteiger charge is -2.37. The summed E-state index contributed by atoms with van der Waals surface area (Å²) < 4.78 is 7.41. The summed E-state index contributed by atoms with van der Waals surface area (Å²) >= 11 is 0. The first-order valence-corrected chi connectivity index (χ1v) is 11.7. The summed E-state index contributed by atoms with van der Waals surface area (Å²) in [5.41, 5.74) is 1.16. The molecule has 0 unspecified atom stereocenters. The molecule has 33 heavy (non-hydrogen) atoms. The Morgan fingerprint density at radius 1 is 1.09 bits per heavy atom. The van der Waals surface area contributed by atoms with Gasteiger partial charge in [-0.3, -0.25) is 14.4 Å². The number of hydrogen-bond acceptors (Lipinski definition) is 6. The maximum absolute atomic E-state index is 12.5. The zero-order chi connectivity index (χ0) is 23.6. The Bertz CT molecular complexity index is 988. The zero-order valence-electron chi connectivity index (χ0n) is 19.8. The Labute approximate surface area is 195 Å². The van der Waals surface area contributed by atoms with E-state index in [1.165, 1.54) is 0 Å². The molecular formula is C25H34N4O4. The van der Waals surface area contributed by atoms with Gasteiger partial charge in [-0.05, 0) is 39.7 Å². The van der Waals surface area contributed by atoms with Gasteiger partial charge in [-0.15, -0.1) is 0 Å². The van der Waals surface area contributed by atoms with Crippen LogP contribution in [0.1, 0.15) is 55.4 Å². The molecule has 1 amide bonds. The van der Waals surface area contributed by atoms with E-state index in [4.69, 9.17) is 4.74 Å². The number of rotatable bonds is 5. The third-order valence-electron chi connectivity index (χ3n) is 6.26. The lowest BCUT2D eigenvalue weighted by atomic mass is 9.87. The predicted molar refractivity (Wildman–Crippen MR) is 124 cm³/mol. The van der Waals surface area contributed by atoms with Gasteiger partial charge in [0.05, 0.1) is 36.6 Å². The van der Waals surface area contributed by atoms with Crippen LogP contribution in [0, 0.1) is 0 Å². The second-order valence-corrected chi connectivity index (χ2v) is 10.2. The van der Waals surface area contributed by atoms with E-state index in [-0.39, 0.29) is 11.9 Å². The molecule has 4 rings (SSSR count). The largest absolute Gasteiger partial charge is 0.444 e. The highest BCUT2D eigenvalue weighted by Crippen LogP contribution is 2.27. The highest BCUT2D eigenvalue weighted by atomic mass is 16.6. The van der Waals surface area contributed by atoms with E-state index >= 15 is 0 Å². The number of aromatic nitrogens is 2. The quantitative estimate of drug-likeness (QED) is 0.699. The number of piperidine rings is 1. The predicted octanol–water partition coefficient (Wildman–Crippen LogP) is 2.89. The molecule has 0 saturated carbocycles. The van der Waals surface area contributed by atoms with Crippen molar-refractivity contribution in [2.24, 2.45) is 0 Å². The van der Waals surface area contributed by atoms with E-state index in [2.05, 4.69) is 10.00 Å². The number of likely N-dealkylation sites (tertiary alicyclic amines) is 1. The molecule has 2 aromatic rings. The van der Waals surface area contributed by atoms with Crippen LogP contribution in [0.15, 0.2) is 36.4 Å². The monoisotopic (exact) mass is 454 g/mol. The zero-order valence-corrected chi connectivity index (χ0v) is 19.8. The van der Waals surface area contributed by atoms with Crippen LogP contribution < -0.4 is 0 Å². The van der Waals surface area contributed by atoms with Crippen molar-refractivity contribution >= 4 is 11.9 Å². The van der Waals surface area contributed by atoms with Crippen LogP contribution in [0.25, 0.3) is 0 Å². The molecule has 1 fully saturated rings. The van der Waals surface area contributed by atoms with Crippen LogP contribution in [0.5, 0.6) is 0 Å². The number of carbonyl (C=O) groups is 2. The SMILES string of the molecule is CC(C)(C)OC(=O)N1CCn2nc(CC3(O)CCN(CC(=O)c4ccccc4)CC3)cc2C1. The van der Waals surface area contributed by atoms with Crippen LogP contribution in [0.4, 0.5) is 4.79 Å².